The summed E-state index contributed by atoms with van der Waals surface area (Å²) in [4.78, 5) is 3.80. The quantitative estimate of drug-likeness (QED) is 0.802. The van der Waals surface area contributed by atoms with Crippen LogP contribution in [0.5, 0.6) is 0 Å². The number of nitrogens with one attached hydrogen (secondary N) is 1. The molecule has 94 valence electrons. The first-order chi connectivity index (χ1) is 8.00. The van der Waals surface area contributed by atoms with Crippen molar-refractivity contribution in [1.82, 2.24) is 9.71 Å². The maximum absolute atomic E-state index is 12.0. The van der Waals surface area contributed by atoms with Crippen LogP contribution in [-0.4, -0.2) is 32.2 Å². The van der Waals surface area contributed by atoms with Gasteiger partial charge in [-0.15, -0.1) is 0 Å². The molecule has 1 aliphatic heterocycles. The number of ether oxygens (including phenoxy) is 1. The van der Waals surface area contributed by atoms with E-state index in [0.29, 0.717) is 13.0 Å². The molecule has 2 atom stereocenters. The summed E-state index contributed by atoms with van der Waals surface area (Å²) < 4.78 is 32.0. The first-order valence-electron chi connectivity index (χ1n) is 5.35. The Morgan fingerprint density at radius 1 is 1.59 bits per heavy atom. The third-order valence-corrected chi connectivity index (χ3v) is 4.20. The van der Waals surface area contributed by atoms with E-state index >= 15 is 0 Å². The van der Waals surface area contributed by atoms with Gasteiger partial charge in [0.1, 0.15) is 0 Å². The van der Waals surface area contributed by atoms with Crippen molar-refractivity contribution in [2.24, 2.45) is 0 Å². The van der Waals surface area contributed by atoms with E-state index in [1.165, 1.54) is 12.3 Å². The fraction of sp³-hybridized carbons (Fsp3) is 0.500. The fourth-order valence-corrected chi connectivity index (χ4v) is 3.17. The zero-order valence-corrected chi connectivity index (χ0v) is 10.3. The average molecular weight is 257 g/mol. The van der Waals surface area contributed by atoms with Crippen LogP contribution in [-0.2, 0) is 14.8 Å². The van der Waals surface area contributed by atoms with Gasteiger partial charge in [-0.2, -0.15) is 0 Å². The van der Waals surface area contributed by atoms with Crippen molar-refractivity contribution in [3.63, 3.8) is 0 Å². The molecule has 1 aromatic heterocycles. The van der Waals surface area contributed by atoms with E-state index in [0.717, 1.165) is 0 Å². The van der Waals surface area contributed by atoms with E-state index in [9.17, 15) is 8.42 Å². The zero-order chi connectivity index (χ0) is 12.5. The minimum absolute atomic E-state index is 0.126. The van der Waals surface area contributed by atoms with Crippen LogP contribution in [0.4, 0.5) is 5.69 Å². The van der Waals surface area contributed by atoms with E-state index < -0.39 is 10.0 Å². The maximum Gasteiger partial charge on any atom is 0.260 e. The van der Waals surface area contributed by atoms with E-state index in [-0.39, 0.29) is 22.9 Å². The average Bonchev–Trinajstić information content (AvgIpc) is 2.64. The molecule has 2 unspecified atom stereocenters. The molecule has 0 amide bonds. The van der Waals surface area contributed by atoms with Crippen molar-refractivity contribution in [3.8, 4) is 0 Å². The van der Waals surface area contributed by atoms with E-state index in [2.05, 4.69) is 9.71 Å². The molecule has 0 saturated carbocycles. The molecular weight excluding hydrogens is 242 g/mol. The van der Waals surface area contributed by atoms with E-state index in [4.69, 9.17) is 10.5 Å². The Balaban J connectivity index is 2.22. The number of hydrogen-bond donors (Lipinski definition) is 2. The number of pyridine rings is 1. The largest absolute Gasteiger partial charge is 0.396 e. The smallest absolute Gasteiger partial charge is 0.260 e. The maximum atomic E-state index is 12.0. The molecule has 0 spiro atoms. The highest BCUT2D eigenvalue weighted by Gasteiger charge is 2.30. The molecule has 2 rings (SSSR count). The molecule has 0 bridgehead atoms. The molecule has 6 nitrogen and oxygen atoms in total. The summed E-state index contributed by atoms with van der Waals surface area (Å²) in [6.45, 7) is 2.40. The Morgan fingerprint density at radius 3 is 2.94 bits per heavy atom. The normalized spacial score (nSPS) is 25.0. The van der Waals surface area contributed by atoms with Gasteiger partial charge in [0, 0.05) is 12.8 Å². The molecule has 2 heterocycles. The van der Waals surface area contributed by atoms with Gasteiger partial charge in [0.25, 0.3) is 10.0 Å². The number of rotatable bonds is 3. The molecule has 7 heteroatoms. The molecular formula is C10H15N3O3S. The van der Waals surface area contributed by atoms with Crippen LogP contribution in [0.3, 0.4) is 0 Å². The third kappa shape index (κ3) is 2.56. The van der Waals surface area contributed by atoms with Gasteiger partial charge < -0.3 is 10.5 Å². The topological polar surface area (TPSA) is 94.3 Å². The van der Waals surface area contributed by atoms with Crippen LogP contribution in [0.15, 0.2) is 23.4 Å². The van der Waals surface area contributed by atoms with Crippen LogP contribution in [0.1, 0.15) is 13.3 Å². The lowest BCUT2D eigenvalue weighted by molar-refractivity contribution is 0.117. The Labute approximate surface area is 100 Å². The molecule has 1 fully saturated rings. The monoisotopic (exact) mass is 257 g/mol. The summed E-state index contributed by atoms with van der Waals surface area (Å²) in [6.07, 6.45) is 1.93. The van der Waals surface area contributed by atoms with Gasteiger partial charge in [-0.05, 0) is 25.5 Å². The van der Waals surface area contributed by atoms with E-state index in [1.807, 2.05) is 6.92 Å². The number of anilines is 1. The second kappa shape index (κ2) is 4.59. The van der Waals surface area contributed by atoms with Crippen LogP contribution in [0.25, 0.3) is 0 Å². The SMILES string of the molecule is CC1OCCC1NS(=O)(=O)c1ncccc1N. The van der Waals surface area contributed by atoms with Crippen molar-refractivity contribution < 1.29 is 13.2 Å². The third-order valence-electron chi connectivity index (χ3n) is 2.74. The van der Waals surface area contributed by atoms with Gasteiger partial charge in [0.05, 0.1) is 17.8 Å². The summed E-state index contributed by atoms with van der Waals surface area (Å²) in [7, 11) is -3.67. The van der Waals surface area contributed by atoms with Gasteiger partial charge in [-0.1, -0.05) is 0 Å². The Morgan fingerprint density at radius 2 is 2.35 bits per heavy atom. The molecule has 1 aromatic rings. The Hall–Kier alpha value is -1.18. The van der Waals surface area contributed by atoms with Crippen molar-refractivity contribution in [2.45, 2.75) is 30.5 Å². The summed E-state index contributed by atoms with van der Waals surface area (Å²) in [5.74, 6) is 0. The Bertz CT molecular complexity index is 503. The van der Waals surface area contributed by atoms with Crippen LogP contribution in [0.2, 0.25) is 0 Å². The lowest BCUT2D eigenvalue weighted by atomic mass is 10.2. The molecule has 0 radical (unpaired) electrons. The van der Waals surface area contributed by atoms with Gasteiger partial charge in [0.15, 0.2) is 5.03 Å². The lowest BCUT2D eigenvalue weighted by Crippen LogP contribution is -2.39. The second-order valence-electron chi connectivity index (χ2n) is 3.99. The van der Waals surface area contributed by atoms with Crippen molar-refractivity contribution in [3.05, 3.63) is 18.3 Å². The highest BCUT2D eigenvalue weighted by molar-refractivity contribution is 7.89. The van der Waals surface area contributed by atoms with Gasteiger partial charge in [-0.25, -0.2) is 18.1 Å². The molecule has 0 aromatic carbocycles. The number of nitrogen functional groups attached to an aromatic ring is 1. The summed E-state index contributed by atoms with van der Waals surface area (Å²) in [5, 5.41) is -0.126. The molecule has 17 heavy (non-hydrogen) atoms. The molecule has 0 aliphatic carbocycles. The van der Waals surface area contributed by atoms with Gasteiger partial charge >= 0.3 is 0 Å². The number of nitrogens with two attached hydrogens (primary N) is 1. The van der Waals surface area contributed by atoms with Crippen molar-refractivity contribution in [2.75, 3.05) is 12.3 Å². The zero-order valence-electron chi connectivity index (χ0n) is 9.46. The van der Waals surface area contributed by atoms with Crippen LogP contribution < -0.4 is 10.5 Å². The summed E-state index contributed by atoms with van der Waals surface area (Å²) in [6, 6.07) is 2.88. The Kier molecular flexibility index (Phi) is 3.32. The number of aromatic nitrogens is 1. The highest BCUT2D eigenvalue weighted by Crippen LogP contribution is 2.18. The van der Waals surface area contributed by atoms with Crippen LogP contribution >= 0.6 is 0 Å². The lowest BCUT2D eigenvalue weighted by Gasteiger charge is -2.16. The number of sulfonamides is 1. The summed E-state index contributed by atoms with van der Waals surface area (Å²) >= 11 is 0. The molecule has 3 N–H and O–H groups in total. The minimum Gasteiger partial charge on any atom is -0.396 e. The fourth-order valence-electron chi connectivity index (χ4n) is 1.77. The second-order valence-corrected chi connectivity index (χ2v) is 5.62. The first kappa shape index (κ1) is 12.3. The van der Waals surface area contributed by atoms with E-state index in [1.54, 1.807) is 6.07 Å². The predicted octanol–water partition coefficient (Wildman–Crippen LogP) is 0.119. The molecule has 1 aliphatic rings. The van der Waals surface area contributed by atoms with Crippen molar-refractivity contribution in [1.29, 1.82) is 0 Å². The number of hydrogen-bond acceptors (Lipinski definition) is 5. The molecule has 1 saturated heterocycles. The van der Waals surface area contributed by atoms with Crippen molar-refractivity contribution >= 4 is 15.7 Å². The first-order valence-corrected chi connectivity index (χ1v) is 6.83. The van der Waals surface area contributed by atoms with Gasteiger partial charge in [0.2, 0.25) is 0 Å². The summed E-state index contributed by atoms with van der Waals surface area (Å²) in [5.41, 5.74) is 5.75. The minimum atomic E-state index is -3.67. The standard InChI is InChI=1S/C10H15N3O3S/c1-7-9(4-6-16-7)13-17(14,15)10-8(11)3-2-5-12-10/h2-3,5,7,9,13H,4,6,11H2,1H3. The van der Waals surface area contributed by atoms with Gasteiger partial charge in [-0.3, -0.25) is 0 Å². The van der Waals surface area contributed by atoms with Crippen LogP contribution in [0, 0.1) is 0 Å². The highest BCUT2D eigenvalue weighted by atomic mass is 32.2. The number of nitrogens with zero attached hydrogens (tertiary/aromatic N) is 1. The predicted molar refractivity (Wildman–Crippen MR) is 62.8 cm³/mol.